The Balaban J connectivity index is 1.86. The summed E-state index contributed by atoms with van der Waals surface area (Å²) >= 11 is 0. The van der Waals surface area contributed by atoms with Gasteiger partial charge in [-0.15, -0.1) is 0 Å². The molecule has 24 heavy (non-hydrogen) atoms. The van der Waals surface area contributed by atoms with E-state index in [1.165, 1.54) is 0 Å². The summed E-state index contributed by atoms with van der Waals surface area (Å²) in [5.74, 6) is 3.27. The van der Waals surface area contributed by atoms with Crippen LogP contribution in [0.3, 0.4) is 0 Å². The maximum atomic E-state index is 5.77. The average molecular weight is 328 g/mol. The first-order valence-electron chi connectivity index (χ1n) is 8.08. The second-order valence-corrected chi connectivity index (χ2v) is 5.94. The van der Waals surface area contributed by atoms with Crippen molar-refractivity contribution in [3.8, 4) is 11.5 Å². The smallest absolute Gasteiger partial charge is 0.163 e. The van der Waals surface area contributed by atoms with Gasteiger partial charge in [-0.3, -0.25) is 0 Å². The quantitative estimate of drug-likeness (QED) is 0.787. The van der Waals surface area contributed by atoms with E-state index in [0.29, 0.717) is 32.7 Å². The molecule has 0 fully saturated rings. The Kier molecular flexibility index (Phi) is 3.65. The molecule has 1 aliphatic heterocycles. The van der Waals surface area contributed by atoms with E-state index in [-0.39, 0.29) is 0 Å². The van der Waals surface area contributed by atoms with E-state index < -0.39 is 0 Å². The Bertz CT molecular complexity index is 878. The fourth-order valence-corrected chi connectivity index (χ4v) is 3.09. The third-order valence-electron chi connectivity index (χ3n) is 4.36. The van der Waals surface area contributed by atoms with Crippen molar-refractivity contribution < 1.29 is 14.0 Å². The summed E-state index contributed by atoms with van der Waals surface area (Å²) in [4.78, 5) is 4.75. The van der Waals surface area contributed by atoms with Gasteiger partial charge in [0.2, 0.25) is 0 Å². The molecule has 0 unspecified atom stereocenters. The lowest BCUT2D eigenvalue weighted by Crippen LogP contribution is -2.15. The number of aromatic nitrogens is 3. The third kappa shape index (κ3) is 2.41. The lowest BCUT2D eigenvalue weighted by atomic mass is 10.2. The Morgan fingerprint density at radius 1 is 1.17 bits per heavy atom. The number of rotatable bonds is 4. The van der Waals surface area contributed by atoms with Crippen molar-refractivity contribution in [2.75, 3.05) is 19.8 Å². The zero-order valence-corrected chi connectivity index (χ0v) is 13.8. The predicted octanol–water partition coefficient (Wildman–Crippen LogP) is 1.96. The van der Waals surface area contributed by atoms with Gasteiger partial charge < -0.3 is 24.3 Å². The number of ether oxygens (including phenoxy) is 2. The molecular formula is C17H20N4O3. The fourth-order valence-electron chi connectivity index (χ4n) is 3.09. The van der Waals surface area contributed by atoms with E-state index in [4.69, 9.17) is 24.7 Å². The molecule has 3 heterocycles. The third-order valence-corrected chi connectivity index (χ3v) is 4.36. The molecule has 0 saturated heterocycles. The van der Waals surface area contributed by atoms with Gasteiger partial charge in [-0.05, 0) is 20.4 Å². The Hall–Kier alpha value is -2.54. The van der Waals surface area contributed by atoms with Crippen molar-refractivity contribution in [1.82, 2.24) is 14.7 Å². The highest BCUT2D eigenvalue weighted by Crippen LogP contribution is 2.35. The summed E-state index contributed by atoms with van der Waals surface area (Å²) in [6, 6.07) is 3.93. The Morgan fingerprint density at radius 2 is 1.92 bits per heavy atom. The van der Waals surface area contributed by atoms with Crippen molar-refractivity contribution in [3.63, 3.8) is 0 Å². The van der Waals surface area contributed by atoms with E-state index in [1.807, 2.05) is 26.0 Å². The second kappa shape index (κ2) is 5.83. The summed E-state index contributed by atoms with van der Waals surface area (Å²) in [6.07, 6.45) is 0.699. The van der Waals surface area contributed by atoms with Gasteiger partial charge in [0.15, 0.2) is 11.5 Å². The molecule has 0 bridgehead atoms. The van der Waals surface area contributed by atoms with Gasteiger partial charge in [-0.25, -0.2) is 4.98 Å². The molecular weight excluding hydrogens is 308 g/mol. The van der Waals surface area contributed by atoms with Crippen LogP contribution in [-0.2, 0) is 13.0 Å². The number of hydrogen-bond donors (Lipinski definition) is 1. The summed E-state index contributed by atoms with van der Waals surface area (Å²) in [5.41, 5.74) is 9.63. The molecule has 4 rings (SSSR count). The minimum atomic E-state index is 0.539. The first-order valence-corrected chi connectivity index (χ1v) is 8.08. The zero-order valence-electron chi connectivity index (χ0n) is 13.8. The molecule has 7 nitrogen and oxygen atoms in total. The molecule has 0 radical (unpaired) electrons. The lowest BCUT2D eigenvalue weighted by Gasteiger charge is -2.18. The molecule has 2 aromatic heterocycles. The molecule has 0 amide bonds. The van der Waals surface area contributed by atoms with Crippen molar-refractivity contribution in [2.24, 2.45) is 5.73 Å². The highest BCUT2D eigenvalue weighted by atomic mass is 16.6. The number of hydrogen-bond acceptors (Lipinski definition) is 6. The molecule has 2 N–H and O–H groups in total. The van der Waals surface area contributed by atoms with Gasteiger partial charge in [-0.2, -0.15) is 0 Å². The number of benzene rings is 1. The number of fused-ring (bicyclic) bond motifs is 2. The van der Waals surface area contributed by atoms with Crippen molar-refractivity contribution >= 4 is 11.0 Å². The maximum Gasteiger partial charge on any atom is 0.163 e. The molecule has 1 aliphatic rings. The number of nitrogens with two attached hydrogens (primary N) is 1. The predicted molar refractivity (Wildman–Crippen MR) is 88.6 cm³/mol. The van der Waals surface area contributed by atoms with Crippen LogP contribution in [0.1, 0.15) is 22.8 Å². The van der Waals surface area contributed by atoms with Gasteiger partial charge in [0, 0.05) is 24.1 Å². The van der Waals surface area contributed by atoms with Gasteiger partial charge >= 0.3 is 0 Å². The van der Waals surface area contributed by atoms with E-state index in [9.17, 15) is 0 Å². The monoisotopic (exact) mass is 328 g/mol. The number of aryl methyl sites for hydroxylation is 2. The molecule has 0 saturated carbocycles. The van der Waals surface area contributed by atoms with E-state index in [1.54, 1.807) is 0 Å². The minimum absolute atomic E-state index is 0.539. The zero-order chi connectivity index (χ0) is 16.7. The van der Waals surface area contributed by atoms with Crippen LogP contribution in [0.4, 0.5) is 0 Å². The van der Waals surface area contributed by atoms with Crippen molar-refractivity contribution in [3.05, 3.63) is 35.0 Å². The van der Waals surface area contributed by atoms with Crippen LogP contribution in [0.25, 0.3) is 11.0 Å². The summed E-state index contributed by atoms with van der Waals surface area (Å²) in [5, 5.41) is 4.04. The van der Waals surface area contributed by atoms with Crippen molar-refractivity contribution in [2.45, 2.75) is 26.8 Å². The molecule has 126 valence electrons. The largest absolute Gasteiger partial charge is 0.486 e. The number of imidazole rings is 1. The molecule has 0 aliphatic carbocycles. The van der Waals surface area contributed by atoms with Gasteiger partial charge in [-0.1, -0.05) is 5.16 Å². The van der Waals surface area contributed by atoms with Crippen LogP contribution in [-0.4, -0.2) is 34.5 Å². The van der Waals surface area contributed by atoms with Crippen LogP contribution in [0.15, 0.2) is 16.7 Å². The Labute approximate surface area is 139 Å². The molecule has 0 atom stereocenters. The van der Waals surface area contributed by atoms with Crippen molar-refractivity contribution in [1.29, 1.82) is 0 Å². The highest BCUT2D eigenvalue weighted by molar-refractivity contribution is 5.81. The Morgan fingerprint density at radius 3 is 2.58 bits per heavy atom. The summed E-state index contributed by atoms with van der Waals surface area (Å²) in [6.45, 7) is 6.19. The summed E-state index contributed by atoms with van der Waals surface area (Å²) in [7, 11) is 0. The topological polar surface area (TPSA) is 88.3 Å². The summed E-state index contributed by atoms with van der Waals surface area (Å²) < 4.78 is 18.8. The van der Waals surface area contributed by atoms with Gasteiger partial charge in [0.25, 0.3) is 0 Å². The first kappa shape index (κ1) is 15.0. The highest BCUT2D eigenvalue weighted by Gasteiger charge is 2.19. The fraction of sp³-hybridized carbons (Fsp3) is 0.412. The van der Waals surface area contributed by atoms with Crippen LogP contribution in [0.2, 0.25) is 0 Å². The van der Waals surface area contributed by atoms with Gasteiger partial charge in [0.05, 0.1) is 23.3 Å². The van der Waals surface area contributed by atoms with Crippen LogP contribution in [0, 0.1) is 13.8 Å². The molecule has 3 aromatic rings. The SMILES string of the molecule is Cc1noc(C)c1Cn1c(CCN)nc2cc3c(cc21)OCCO3. The minimum Gasteiger partial charge on any atom is -0.486 e. The van der Waals surface area contributed by atoms with Crippen LogP contribution in [0.5, 0.6) is 11.5 Å². The molecule has 1 aromatic carbocycles. The standard InChI is InChI=1S/C17H20N4O3/c1-10-12(11(2)24-20-10)9-21-14-8-16-15(22-5-6-23-16)7-13(14)19-17(21)3-4-18/h7-8H,3-6,9,18H2,1-2H3. The normalized spacial score (nSPS) is 13.6. The van der Waals surface area contributed by atoms with E-state index in [0.717, 1.165) is 45.4 Å². The van der Waals surface area contributed by atoms with E-state index >= 15 is 0 Å². The maximum absolute atomic E-state index is 5.77. The van der Waals surface area contributed by atoms with E-state index in [2.05, 4.69) is 9.72 Å². The number of nitrogens with zero attached hydrogens (tertiary/aromatic N) is 3. The van der Waals surface area contributed by atoms with Crippen LogP contribution < -0.4 is 15.2 Å². The molecule has 0 spiro atoms. The molecule has 7 heteroatoms. The second-order valence-electron chi connectivity index (χ2n) is 5.94. The van der Waals surface area contributed by atoms with Gasteiger partial charge in [0.1, 0.15) is 24.8 Å². The van der Waals surface area contributed by atoms with Crippen LogP contribution >= 0.6 is 0 Å². The first-order chi connectivity index (χ1) is 11.7. The average Bonchev–Trinajstić information content (AvgIpc) is 3.07. The lowest BCUT2D eigenvalue weighted by molar-refractivity contribution is 0.172.